The second-order valence-electron chi connectivity index (χ2n) is 4.30. The van der Waals surface area contributed by atoms with E-state index in [1.165, 1.54) is 13.8 Å². The molecule has 5 nitrogen and oxygen atoms in total. The highest BCUT2D eigenvalue weighted by molar-refractivity contribution is 7.92. The Labute approximate surface area is 131 Å². The van der Waals surface area contributed by atoms with Crippen LogP contribution in [-0.4, -0.2) is 18.4 Å². The fourth-order valence-corrected chi connectivity index (χ4v) is 3.99. The van der Waals surface area contributed by atoms with E-state index in [1.54, 1.807) is 0 Å². The zero-order chi connectivity index (χ0) is 15.8. The van der Waals surface area contributed by atoms with E-state index in [0.717, 1.165) is 18.5 Å². The number of benzene rings is 1. The molecule has 2 rings (SSSR count). The van der Waals surface area contributed by atoms with Crippen LogP contribution in [0, 0.1) is 19.7 Å². The third-order valence-electron chi connectivity index (χ3n) is 2.69. The normalized spacial score (nSPS) is 11.5. The Balaban J connectivity index is 2.54. The van der Waals surface area contributed by atoms with Crippen LogP contribution in [0.2, 0.25) is 10.3 Å². The van der Waals surface area contributed by atoms with Gasteiger partial charge in [-0.25, -0.2) is 22.8 Å². The van der Waals surface area contributed by atoms with Gasteiger partial charge in [0.2, 0.25) is 0 Å². The van der Waals surface area contributed by atoms with E-state index in [0.29, 0.717) is 0 Å². The highest BCUT2D eigenvalue weighted by atomic mass is 35.5. The first-order valence-corrected chi connectivity index (χ1v) is 7.92. The van der Waals surface area contributed by atoms with Crippen LogP contribution in [0.15, 0.2) is 23.4 Å². The summed E-state index contributed by atoms with van der Waals surface area (Å²) in [6.07, 6.45) is 1.11. The molecule has 0 spiro atoms. The monoisotopic (exact) mass is 349 g/mol. The topological polar surface area (TPSA) is 72.0 Å². The lowest BCUT2D eigenvalue weighted by Gasteiger charge is -2.14. The molecule has 0 bridgehead atoms. The Kier molecular flexibility index (Phi) is 4.36. The van der Waals surface area contributed by atoms with Crippen LogP contribution in [0.5, 0.6) is 0 Å². The number of aromatic nitrogens is 2. The fraction of sp³-hybridized carbons (Fsp3) is 0.167. The van der Waals surface area contributed by atoms with Crippen molar-refractivity contribution in [3.63, 3.8) is 0 Å². The molecule has 9 heteroatoms. The Morgan fingerprint density at radius 2 is 1.57 bits per heavy atom. The predicted molar refractivity (Wildman–Crippen MR) is 78.7 cm³/mol. The largest absolute Gasteiger partial charge is 0.274 e. The number of hydrogen-bond donors (Lipinski definition) is 1. The van der Waals surface area contributed by atoms with Crippen LogP contribution in [-0.2, 0) is 10.0 Å². The van der Waals surface area contributed by atoms with E-state index in [9.17, 15) is 12.8 Å². The van der Waals surface area contributed by atoms with E-state index in [4.69, 9.17) is 23.2 Å². The molecule has 0 aliphatic rings. The van der Waals surface area contributed by atoms with Crippen LogP contribution in [0.25, 0.3) is 0 Å². The molecule has 0 aliphatic heterocycles. The maximum atomic E-state index is 13.3. The first-order chi connectivity index (χ1) is 9.72. The molecule has 2 aromatic rings. The maximum Gasteiger partial charge on any atom is 0.262 e. The van der Waals surface area contributed by atoms with Crippen LogP contribution < -0.4 is 4.72 Å². The van der Waals surface area contributed by atoms with Crippen LogP contribution in [0.4, 0.5) is 10.1 Å². The fourth-order valence-electron chi connectivity index (χ4n) is 1.94. The van der Waals surface area contributed by atoms with Crippen molar-refractivity contribution in [1.82, 2.24) is 9.97 Å². The van der Waals surface area contributed by atoms with Crippen molar-refractivity contribution in [3.05, 3.63) is 45.7 Å². The van der Waals surface area contributed by atoms with Gasteiger partial charge in [0.05, 0.1) is 4.90 Å². The highest BCUT2D eigenvalue weighted by Crippen LogP contribution is 2.30. The maximum absolute atomic E-state index is 13.3. The minimum atomic E-state index is -4.00. The van der Waals surface area contributed by atoms with Gasteiger partial charge in [-0.05, 0) is 37.1 Å². The third kappa shape index (κ3) is 3.25. The molecule has 1 heterocycles. The average Bonchev–Trinajstić information content (AvgIpc) is 2.32. The number of sulfonamides is 1. The zero-order valence-electron chi connectivity index (χ0n) is 11.0. The Hall–Kier alpha value is -1.44. The summed E-state index contributed by atoms with van der Waals surface area (Å²) in [5, 5.41) is -0.257. The number of aryl methyl sites for hydroxylation is 2. The van der Waals surface area contributed by atoms with Gasteiger partial charge < -0.3 is 0 Å². The van der Waals surface area contributed by atoms with Gasteiger partial charge in [0.15, 0.2) is 10.3 Å². The molecule has 1 N–H and O–H groups in total. The second-order valence-corrected chi connectivity index (χ2v) is 6.64. The lowest BCUT2D eigenvalue weighted by molar-refractivity contribution is 0.597. The van der Waals surface area contributed by atoms with Crippen molar-refractivity contribution in [2.24, 2.45) is 0 Å². The standard InChI is InChI=1S/C12H10Cl2FN3O2S/c1-6-3-8(15)4-7(2)10(6)21(19,20)18-9-11(13)16-5-17-12(9)14/h3-5,18H,1-2H3. The molecule has 21 heavy (non-hydrogen) atoms. The molecular weight excluding hydrogens is 340 g/mol. The highest BCUT2D eigenvalue weighted by Gasteiger charge is 2.23. The first-order valence-electron chi connectivity index (χ1n) is 5.68. The number of anilines is 1. The Morgan fingerprint density at radius 1 is 1.10 bits per heavy atom. The number of hydrogen-bond acceptors (Lipinski definition) is 4. The molecule has 0 fully saturated rings. The van der Waals surface area contributed by atoms with Gasteiger partial charge >= 0.3 is 0 Å². The molecular formula is C12H10Cl2FN3O2S. The molecule has 112 valence electrons. The van der Waals surface area contributed by atoms with Gasteiger partial charge in [-0.3, -0.25) is 4.72 Å². The van der Waals surface area contributed by atoms with Crippen molar-refractivity contribution >= 4 is 38.9 Å². The quantitative estimate of drug-likeness (QED) is 0.862. The van der Waals surface area contributed by atoms with E-state index in [2.05, 4.69) is 14.7 Å². The SMILES string of the molecule is Cc1cc(F)cc(C)c1S(=O)(=O)Nc1c(Cl)ncnc1Cl. The molecule has 0 unspecified atom stereocenters. The summed E-state index contributed by atoms with van der Waals surface area (Å²) in [4.78, 5) is 7.28. The summed E-state index contributed by atoms with van der Waals surface area (Å²) in [7, 11) is -4.00. The molecule has 1 aromatic carbocycles. The van der Waals surface area contributed by atoms with E-state index in [1.807, 2.05) is 0 Å². The molecule has 0 atom stereocenters. The van der Waals surface area contributed by atoms with Crippen molar-refractivity contribution in [3.8, 4) is 0 Å². The summed E-state index contributed by atoms with van der Waals surface area (Å²) in [6.45, 7) is 2.99. The van der Waals surface area contributed by atoms with Crippen molar-refractivity contribution in [2.75, 3.05) is 4.72 Å². The van der Waals surface area contributed by atoms with Crippen LogP contribution >= 0.6 is 23.2 Å². The van der Waals surface area contributed by atoms with E-state index < -0.39 is 15.8 Å². The molecule has 0 aliphatic carbocycles. The van der Waals surface area contributed by atoms with Gasteiger partial charge in [0.25, 0.3) is 10.0 Å². The number of rotatable bonds is 3. The van der Waals surface area contributed by atoms with Crippen LogP contribution in [0.3, 0.4) is 0 Å². The lowest BCUT2D eigenvalue weighted by atomic mass is 10.1. The summed E-state index contributed by atoms with van der Waals surface area (Å²) < 4.78 is 40.4. The first kappa shape index (κ1) is 15.9. The third-order valence-corrected chi connectivity index (χ3v) is 4.91. The minimum absolute atomic E-state index is 0.0418. The average molecular weight is 350 g/mol. The second kappa shape index (κ2) is 5.75. The van der Waals surface area contributed by atoms with Crippen LogP contribution in [0.1, 0.15) is 11.1 Å². The number of nitrogens with one attached hydrogen (secondary N) is 1. The zero-order valence-corrected chi connectivity index (χ0v) is 13.3. The van der Waals surface area contributed by atoms with Crippen molar-refractivity contribution < 1.29 is 12.8 Å². The molecule has 0 amide bonds. The summed E-state index contributed by atoms with van der Waals surface area (Å²) >= 11 is 11.6. The van der Waals surface area contributed by atoms with Crippen molar-refractivity contribution in [2.45, 2.75) is 18.7 Å². The Morgan fingerprint density at radius 3 is 2.05 bits per heavy atom. The Bertz CT molecular complexity index is 769. The van der Waals surface area contributed by atoms with E-state index in [-0.39, 0.29) is 32.0 Å². The molecule has 0 saturated carbocycles. The summed E-state index contributed by atoms with van der Waals surface area (Å²) in [6, 6.07) is 2.26. The summed E-state index contributed by atoms with van der Waals surface area (Å²) in [5.41, 5.74) is 0.414. The number of halogens is 3. The molecule has 0 radical (unpaired) electrons. The predicted octanol–water partition coefficient (Wildman–Crippen LogP) is 3.34. The molecule has 0 saturated heterocycles. The number of nitrogens with zero attached hydrogens (tertiary/aromatic N) is 2. The molecule has 1 aromatic heterocycles. The smallest absolute Gasteiger partial charge is 0.262 e. The van der Waals surface area contributed by atoms with Gasteiger partial charge in [-0.15, -0.1) is 0 Å². The minimum Gasteiger partial charge on any atom is -0.274 e. The van der Waals surface area contributed by atoms with Gasteiger partial charge in [0.1, 0.15) is 17.8 Å². The van der Waals surface area contributed by atoms with Gasteiger partial charge in [-0.2, -0.15) is 0 Å². The van der Waals surface area contributed by atoms with E-state index >= 15 is 0 Å². The summed E-state index contributed by atoms with van der Waals surface area (Å²) in [5.74, 6) is -0.511. The lowest BCUT2D eigenvalue weighted by Crippen LogP contribution is -2.17. The van der Waals surface area contributed by atoms with Crippen molar-refractivity contribution in [1.29, 1.82) is 0 Å². The van der Waals surface area contributed by atoms with Gasteiger partial charge in [0, 0.05) is 0 Å². The van der Waals surface area contributed by atoms with Gasteiger partial charge in [-0.1, -0.05) is 23.2 Å².